The van der Waals surface area contributed by atoms with E-state index in [1.165, 1.54) is 44.9 Å². The Labute approximate surface area is 88.7 Å². The summed E-state index contributed by atoms with van der Waals surface area (Å²) in [6.45, 7) is 4.76. The summed E-state index contributed by atoms with van der Waals surface area (Å²) in [7, 11) is 0. The molecule has 14 heavy (non-hydrogen) atoms. The molecule has 2 aliphatic carbocycles. The molecule has 0 bridgehead atoms. The summed E-state index contributed by atoms with van der Waals surface area (Å²) in [5.41, 5.74) is 0. The first kappa shape index (κ1) is 10.5. The van der Waals surface area contributed by atoms with Crippen LogP contribution in [0, 0.1) is 11.8 Å². The van der Waals surface area contributed by atoms with Gasteiger partial charge in [0.25, 0.3) is 0 Å². The van der Waals surface area contributed by atoms with Gasteiger partial charge in [-0.15, -0.1) is 0 Å². The summed E-state index contributed by atoms with van der Waals surface area (Å²) in [5.74, 6) is 2.05. The van der Waals surface area contributed by atoms with Crippen LogP contribution in [0.3, 0.4) is 0 Å². The highest BCUT2D eigenvalue weighted by Crippen LogP contribution is 2.34. The lowest BCUT2D eigenvalue weighted by Crippen LogP contribution is -2.39. The molecule has 2 fully saturated rings. The first-order valence-corrected chi connectivity index (χ1v) is 6.50. The minimum Gasteiger partial charge on any atom is -0.311 e. The lowest BCUT2D eigenvalue weighted by Gasteiger charge is -2.29. The molecule has 1 heteroatoms. The highest BCUT2D eigenvalue weighted by Gasteiger charge is 2.25. The van der Waals surface area contributed by atoms with Crippen LogP contribution in [0.1, 0.15) is 58.8 Å². The standard InChI is InChI=1S/C13H25N/c1-10-3-7-13(8-4-10)14-11(2)9-12-5-6-12/h10-14H,3-9H2,1-2H3. The molecule has 1 unspecified atom stereocenters. The average molecular weight is 195 g/mol. The van der Waals surface area contributed by atoms with Crippen molar-refractivity contribution in [1.29, 1.82) is 0 Å². The third-order valence-electron chi connectivity index (χ3n) is 3.92. The molecule has 2 saturated carbocycles. The molecule has 1 N–H and O–H groups in total. The van der Waals surface area contributed by atoms with Gasteiger partial charge in [0, 0.05) is 12.1 Å². The van der Waals surface area contributed by atoms with Crippen molar-refractivity contribution in [2.75, 3.05) is 0 Å². The molecule has 0 aromatic heterocycles. The van der Waals surface area contributed by atoms with E-state index in [0.717, 1.165) is 23.9 Å². The minimum absolute atomic E-state index is 0.765. The zero-order valence-corrected chi connectivity index (χ0v) is 9.76. The number of hydrogen-bond donors (Lipinski definition) is 1. The first-order valence-electron chi connectivity index (χ1n) is 6.50. The van der Waals surface area contributed by atoms with Crippen LogP contribution in [-0.4, -0.2) is 12.1 Å². The van der Waals surface area contributed by atoms with E-state index >= 15 is 0 Å². The van der Waals surface area contributed by atoms with Crippen molar-refractivity contribution in [1.82, 2.24) is 5.32 Å². The molecule has 2 rings (SSSR count). The Morgan fingerprint density at radius 1 is 1.07 bits per heavy atom. The van der Waals surface area contributed by atoms with E-state index in [1.54, 1.807) is 0 Å². The second-order valence-corrected chi connectivity index (χ2v) is 5.70. The normalized spacial score (nSPS) is 35.6. The SMILES string of the molecule is CC1CCC(NC(C)CC2CC2)CC1. The van der Waals surface area contributed by atoms with E-state index in [0.29, 0.717) is 0 Å². The Morgan fingerprint density at radius 2 is 1.71 bits per heavy atom. The Balaban J connectivity index is 1.63. The summed E-state index contributed by atoms with van der Waals surface area (Å²) in [4.78, 5) is 0. The van der Waals surface area contributed by atoms with Gasteiger partial charge in [-0.3, -0.25) is 0 Å². The van der Waals surface area contributed by atoms with Gasteiger partial charge >= 0.3 is 0 Å². The monoisotopic (exact) mass is 195 g/mol. The summed E-state index contributed by atoms with van der Waals surface area (Å²) >= 11 is 0. The van der Waals surface area contributed by atoms with Crippen molar-refractivity contribution in [3.8, 4) is 0 Å². The molecule has 1 nitrogen and oxygen atoms in total. The number of hydrogen-bond acceptors (Lipinski definition) is 1. The molecule has 0 radical (unpaired) electrons. The maximum Gasteiger partial charge on any atom is 0.00697 e. The Kier molecular flexibility index (Phi) is 3.48. The fraction of sp³-hybridized carbons (Fsp3) is 1.00. The van der Waals surface area contributed by atoms with Gasteiger partial charge in [0.1, 0.15) is 0 Å². The van der Waals surface area contributed by atoms with Crippen LogP contribution in [0.4, 0.5) is 0 Å². The van der Waals surface area contributed by atoms with Gasteiger partial charge < -0.3 is 5.32 Å². The van der Waals surface area contributed by atoms with Crippen molar-refractivity contribution >= 4 is 0 Å². The average Bonchev–Trinajstić information content (AvgIpc) is 2.93. The number of rotatable bonds is 4. The molecular weight excluding hydrogens is 170 g/mol. The second-order valence-electron chi connectivity index (χ2n) is 5.70. The molecule has 0 heterocycles. The molecule has 0 aromatic carbocycles. The van der Waals surface area contributed by atoms with Gasteiger partial charge in [0.15, 0.2) is 0 Å². The van der Waals surface area contributed by atoms with Crippen LogP contribution in [0.15, 0.2) is 0 Å². The molecular formula is C13H25N. The highest BCUT2D eigenvalue weighted by atomic mass is 14.9. The summed E-state index contributed by atoms with van der Waals surface area (Å²) in [6, 6.07) is 1.60. The van der Waals surface area contributed by atoms with Crippen LogP contribution in [0.2, 0.25) is 0 Å². The van der Waals surface area contributed by atoms with Crippen molar-refractivity contribution in [3.05, 3.63) is 0 Å². The van der Waals surface area contributed by atoms with Gasteiger partial charge in [-0.1, -0.05) is 19.8 Å². The van der Waals surface area contributed by atoms with E-state index in [2.05, 4.69) is 19.2 Å². The fourth-order valence-electron chi connectivity index (χ4n) is 2.75. The summed E-state index contributed by atoms with van der Waals surface area (Å²) in [5, 5.41) is 3.81. The van der Waals surface area contributed by atoms with Crippen LogP contribution < -0.4 is 5.32 Å². The zero-order chi connectivity index (χ0) is 9.97. The Morgan fingerprint density at radius 3 is 2.29 bits per heavy atom. The van der Waals surface area contributed by atoms with Crippen molar-refractivity contribution < 1.29 is 0 Å². The van der Waals surface area contributed by atoms with Crippen molar-refractivity contribution in [2.24, 2.45) is 11.8 Å². The van der Waals surface area contributed by atoms with E-state index in [4.69, 9.17) is 0 Å². The first-order chi connectivity index (χ1) is 6.74. The molecule has 0 spiro atoms. The topological polar surface area (TPSA) is 12.0 Å². The fourth-order valence-corrected chi connectivity index (χ4v) is 2.75. The molecule has 82 valence electrons. The van der Waals surface area contributed by atoms with Crippen LogP contribution in [-0.2, 0) is 0 Å². The van der Waals surface area contributed by atoms with Crippen LogP contribution >= 0.6 is 0 Å². The maximum atomic E-state index is 3.81. The maximum absolute atomic E-state index is 3.81. The summed E-state index contributed by atoms with van der Waals surface area (Å²) in [6.07, 6.45) is 10.1. The largest absolute Gasteiger partial charge is 0.311 e. The Hall–Kier alpha value is -0.0400. The van der Waals surface area contributed by atoms with Crippen LogP contribution in [0.25, 0.3) is 0 Å². The highest BCUT2D eigenvalue weighted by molar-refractivity contribution is 4.82. The van der Waals surface area contributed by atoms with Crippen molar-refractivity contribution in [3.63, 3.8) is 0 Å². The van der Waals surface area contributed by atoms with E-state index in [9.17, 15) is 0 Å². The van der Waals surface area contributed by atoms with Gasteiger partial charge in [-0.2, -0.15) is 0 Å². The van der Waals surface area contributed by atoms with Gasteiger partial charge in [-0.25, -0.2) is 0 Å². The van der Waals surface area contributed by atoms with E-state index in [1.807, 2.05) is 0 Å². The predicted molar refractivity (Wildman–Crippen MR) is 61.4 cm³/mol. The molecule has 0 aliphatic heterocycles. The lowest BCUT2D eigenvalue weighted by atomic mass is 9.87. The number of nitrogens with one attached hydrogen (secondary N) is 1. The lowest BCUT2D eigenvalue weighted by molar-refractivity contribution is 0.284. The zero-order valence-electron chi connectivity index (χ0n) is 9.76. The Bertz CT molecular complexity index is 166. The third-order valence-corrected chi connectivity index (χ3v) is 3.92. The molecule has 2 aliphatic rings. The third kappa shape index (κ3) is 3.27. The van der Waals surface area contributed by atoms with Gasteiger partial charge in [-0.05, 0) is 50.9 Å². The smallest absolute Gasteiger partial charge is 0.00697 e. The predicted octanol–water partition coefficient (Wildman–Crippen LogP) is 3.34. The molecule has 0 aromatic rings. The van der Waals surface area contributed by atoms with Crippen molar-refractivity contribution in [2.45, 2.75) is 70.9 Å². The molecule has 1 atom stereocenters. The second kappa shape index (κ2) is 4.65. The van der Waals surface area contributed by atoms with Gasteiger partial charge in [0.05, 0.1) is 0 Å². The summed E-state index contributed by atoms with van der Waals surface area (Å²) < 4.78 is 0. The molecule has 0 saturated heterocycles. The van der Waals surface area contributed by atoms with E-state index < -0.39 is 0 Å². The van der Waals surface area contributed by atoms with E-state index in [-0.39, 0.29) is 0 Å². The van der Waals surface area contributed by atoms with Crippen LogP contribution in [0.5, 0.6) is 0 Å². The minimum atomic E-state index is 0.765. The van der Waals surface area contributed by atoms with Gasteiger partial charge in [0.2, 0.25) is 0 Å². The molecule has 0 amide bonds. The quantitative estimate of drug-likeness (QED) is 0.725.